The molecule has 9 heteroatoms. The molecule has 0 aromatic heterocycles. The Morgan fingerprint density at radius 2 is 1.73 bits per heavy atom. The summed E-state index contributed by atoms with van der Waals surface area (Å²) in [5.41, 5.74) is 3.22. The lowest BCUT2D eigenvalue weighted by atomic mass is 10.1. The normalized spacial score (nSPS) is 17.8. The molecular formula is C28H29F2NO5S. The average Bonchev–Trinajstić information content (AvgIpc) is 3.55. The second-order valence-electron chi connectivity index (χ2n) is 9.41. The molecule has 1 unspecified atom stereocenters. The van der Waals surface area contributed by atoms with E-state index in [0.717, 1.165) is 37.8 Å². The molecule has 0 bridgehead atoms. The molecule has 6 nitrogen and oxygen atoms in total. The SMILES string of the molecule is COc1cc(CN(CC2CCCO2)S(=O)(=O)c2ccc(F)c(F)c2)ccc1OC1Cc2ccccc2C1. The van der Waals surface area contributed by atoms with Gasteiger partial charge in [-0.25, -0.2) is 17.2 Å². The number of sulfonamides is 1. The van der Waals surface area contributed by atoms with Gasteiger partial charge >= 0.3 is 0 Å². The molecule has 0 saturated carbocycles. The van der Waals surface area contributed by atoms with Crippen LogP contribution < -0.4 is 9.47 Å². The van der Waals surface area contributed by atoms with Crippen molar-refractivity contribution in [1.82, 2.24) is 4.31 Å². The predicted molar refractivity (Wildman–Crippen MR) is 134 cm³/mol. The van der Waals surface area contributed by atoms with Gasteiger partial charge in [0, 0.05) is 32.5 Å². The Kier molecular flexibility index (Phi) is 7.46. The maximum Gasteiger partial charge on any atom is 0.243 e. The summed E-state index contributed by atoms with van der Waals surface area (Å²) < 4.78 is 73.1. The van der Waals surface area contributed by atoms with Crippen LogP contribution in [-0.2, 0) is 34.1 Å². The fraction of sp³-hybridized carbons (Fsp3) is 0.357. The quantitative estimate of drug-likeness (QED) is 0.395. The number of fused-ring (bicyclic) bond motifs is 1. The highest BCUT2D eigenvalue weighted by Gasteiger charge is 2.30. The largest absolute Gasteiger partial charge is 0.493 e. The molecule has 2 aliphatic rings. The molecule has 1 fully saturated rings. The zero-order valence-electron chi connectivity index (χ0n) is 20.5. The van der Waals surface area contributed by atoms with Gasteiger partial charge in [0.1, 0.15) is 6.10 Å². The van der Waals surface area contributed by atoms with Gasteiger partial charge in [-0.2, -0.15) is 4.31 Å². The van der Waals surface area contributed by atoms with E-state index in [1.54, 1.807) is 18.2 Å². The Morgan fingerprint density at radius 1 is 0.973 bits per heavy atom. The van der Waals surface area contributed by atoms with Gasteiger partial charge in [0.05, 0.1) is 18.1 Å². The molecule has 0 amide bonds. The van der Waals surface area contributed by atoms with Crippen molar-refractivity contribution in [3.8, 4) is 11.5 Å². The second-order valence-corrected chi connectivity index (χ2v) is 11.3. The second kappa shape index (κ2) is 10.8. The van der Waals surface area contributed by atoms with Gasteiger partial charge in [0.25, 0.3) is 0 Å². The van der Waals surface area contributed by atoms with Crippen LogP contribution in [0.5, 0.6) is 11.5 Å². The summed E-state index contributed by atoms with van der Waals surface area (Å²) in [5, 5.41) is 0. The number of ether oxygens (including phenoxy) is 3. The first-order valence-corrected chi connectivity index (χ1v) is 13.7. The van der Waals surface area contributed by atoms with E-state index in [0.29, 0.717) is 29.7 Å². The molecule has 37 heavy (non-hydrogen) atoms. The summed E-state index contributed by atoms with van der Waals surface area (Å²) in [4.78, 5) is -0.308. The van der Waals surface area contributed by atoms with E-state index in [1.807, 2.05) is 12.1 Å². The Morgan fingerprint density at radius 3 is 2.38 bits per heavy atom. The average molecular weight is 530 g/mol. The van der Waals surface area contributed by atoms with Gasteiger partial charge in [-0.3, -0.25) is 0 Å². The van der Waals surface area contributed by atoms with E-state index >= 15 is 0 Å². The van der Waals surface area contributed by atoms with Gasteiger partial charge in [-0.15, -0.1) is 0 Å². The number of halogens is 2. The lowest BCUT2D eigenvalue weighted by Gasteiger charge is -2.25. The van der Waals surface area contributed by atoms with Crippen molar-refractivity contribution < 1.29 is 31.4 Å². The van der Waals surface area contributed by atoms with Crippen molar-refractivity contribution in [3.63, 3.8) is 0 Å². The van der Waals surface area contributed by atoms with Crippen molar-refractivity contribution in [2.24, 2.45) is 0 Å². The number of methoxy groups -OCH3 is 1. The molecule has 5 rings (SSSR count). The van der Waals surface area contributed by atoms with Gasteiger partial charge in [0.15, 0.2) is 23.1 Å². The van der Waals surface area contributed by atoms with Crippen LogP contribution in [0, 0.1) is 11.6 Å². The Bertz CT molecular complexity index is 1350. The van der Waals surface area contributed by atoms with E-state index in [1.165, 1.54) is 22.5 Å². The fourth-order valence-electron chi connectivity index (χ4n) is 4.94. The molecule has 196 valence electrons. The number of hydrogen-bond acceptors (Lipinski definition) is 5. The van der Waals surface area contributed by atoms with Crippen molar-refractivity contribution >= 4 is 10.0 Å². The number of rotatable bonds is 9. The van der Waals surface area contributed by atoms with Crippen LogP contribution in [0.1, 0.15) is 29.5 Å². The molecule has 1 atom stereocenters. The molecule has 1 heterocycles. The maximum atomic E-state index is 13.9. The van der Waals surface area contributed by atoms with Crippen LogP contribution >= 0.6 is 0 Å². The van der Waals surface area contributed by atoms with Gasteiger partial charge in [0.2, 0.25) is 10.0 Å². The lowest BCUT2D eigenvalue weighted by molar-refractivity contribution is 0.0925. The van der Waals surface area contributed by atoms with Gasteiger partial charge in [-0.05, 0) is 59.9 Å². The lowest BCUT2D eigenvalue weighted by Crippen LogP contribution is -2.37. The van der Waals surface area contributed by atoms with Crippen molar-refractivity contribution in [1.29, 1.82) is 0 Å². The Labute approximate surface area is 215 Å². The van der Waals surface area contributed by atoms with Crippen LogP contribution in [0.25, 0.3) is 0 Å². The monoisotopic (exact) mass is 529 g/mol. The molecule has 3 aromatic carbocycles. The summed E-state index contributed by atoms with van der Waals surface area (Å²) in [7, 11) is -2.59. The summed E-state index contributed by atoms with van der Waals surface area (Å²) >= 11 is 0. The van der Waals surface area contributed by atoms with E-state index < -0.39 is 21.7 Å². The van der Waals surface area contributed by atoms with Gasteiger partial charge in [-0.1, -0.05) is 30.3 Å². The van der Waals surface area contributed by atoms with Gasteiger partial charge < -0.3 is 14.2 Å². The minimum Gasteiger partial charge on any atom is -0.493 e. The van der Waals surface area contributed by atoms with E-state index in [9.17, 15) is 17.2 Å². The standard InChI is InChI=1S/C28H29F2NO5S/c1-34-28-13-19(8-11-27(28)36-23-14-20-5-2-3-6-21(20)15-23)17-31(18-22-7-4-12-35-22)37(32,33)24-9-10-25(29)26(30)16-24/h2-3,5-6,8-11,13,16,22-23H,4,7,12,14-15,17-18H2,1H3. The summed E-state index contributed by atoms with van der Waals surface area (Å²) in [6.45, 7) is 0.670. The first-order valence-electron chi connectivity index (χ1n) is 12.3. The van der Waals surface area contributed by atoms with Crippen molar-refractivity contribution in [2.75, 3.05) is 20.3 Å². The fourth-order valence-corrected chi connectivity index (χ4v) is 6.41. The van der Waals surface area contributed by atoms with Crippen molar-refractivity contribution in [3.05, 3.63) is 89.0 Å². The highest BCUT2D eigenvalue weighted by molar-refractivity contribution is 7.89. The zero-order valence-corrected chi connectivity index (χ0v) is 21.3. The topological polar surface area (TPSA) is 65.1 Å². The van der Waals surface area contributed by atoms with Crippen LogP contribution in [0.3, 0.4) is 0 Å². The highest BCUT2D eigenvalue weighted by Crippen LogP contribution is 2.33. The van der Waals surface area contributed by atoms with Crippen LogP contribution in [0.4, 0.5) is 8.78 Å². The first kappa shape index (κ1) is 25.6. The van der Waals surface area contributed by atoms with Crippen LogP contribution in [0.2, 0.25) is 0 Å². The van der Waals surface area contributed by atoms with Crippen molar-refractivity contribution in [2.45, 2.75) is 49.3 Å². The smallest absolute Gasteiger partial charge is 0.243 e. The Hall–Kier alpha value is -3.01. The van der Waals surface area contributed by atoms with E-state index in [4.69, 9.17) is 14.2 Å². The van der Waals surface area contributed by atoms with E-state index in [2.05, 4.69) is 12.1 Å². The molecule has 0 spiro atoms. The third-order valence-corrected chi connectivity index (χ3v) is 8.66. The van der Waals surface area contributed by atoms with E-state index in [-0.39, 0.29) is 30.2 Å². The summed E-state index contributed by atoms with van der Waals surface area (Å²) in [6.07, 6.45) is 2.90. The molecule has 0 radical (unpaired) electrons. The third-order valence-electron chi connectivity index (χ3n) is 6.85. The first-order chi connectivity index (χ1) is 17.8. The molecule has 1 aliphatic heterocycles. The summed E-state index contributed by atoms with van der Waals surface area (Å²) in [5.74, 6) is -1.24. The number of hydrogen-bond donors (Lipinski definition) is 0. The maximum absolute atomic E-state index is 13.9. The zero-order chi connectivity index (χ0) is 26.0. The number of nitrogens with zero attached hydrogens (tertiary/aromatic N) is 1. The van der Waals surface area contributed by atoms with Crippen LogP contribution in [-0.4, -0.2) is 45.2 Å². The molecule has 1 saturated heterocycles. The molecule has 0 N–H and O–H groups in total. The third kappa shape index (κ3) is 5.63. The molecule has 3 aromatic rings. The minimum atomic E-state index is -4.13. The summed E-state index contributed by atoms with van der Waals surface area (Å²) in [6, 6.07) is 16.2. The Balaban J connectivity index is 1.37. The van der Waals surface area contributed by atoms with Crippen LogP contribution in [0.15, 0.2) is 65.6 Å². The minimum absolute atomic E-state index is 0.00665. The molecular weight excluding hydrogens is 500 g/mol. The highest BCUT2D eigenvalue weighted by atomic mass is 32.2. The molecule has 1 aliphatic carbocycles. The number of benzene rings is 3. The predicted octanol–water partition coefficient (Wildman–Crippen LogP) is 4.89.